The van der Waals surface area contributed by atoms with Crippen LogP contribution in [0.1, 0.15) is 37.6 Å². The third kappa shape index (κ3) is 5.19. The molecule has 9 heteroatoms. The summed E-state index contributed by atoms with van der Waals surface area (Å²) in [6.45, 7) is 9.82. The number of piperazine rings is 1. The van der Waals surface area contributed by atoms with Crippen LogP contribution in [0.2, 0.25) is 0 Å². The first kappa shape index (κ1) is 20.1. The average Bonchev–Trinajstić information content (AvgIpc) is 2.68. The van der Waals surface area contributed by atoms with Crippen molar-refractivity contribution in [2.75, 3.05) is 38.5 Å². The zero-order valence-electron chi connectivity index (χ0n) is 17.1. The fourth-order valence-electron chi connectivity index (χ4n) is 3.00. The Bertz CT molecular complexity index is 735. The number of likely N-dealkylation sites (N-methyl/N-ethyl adjacent to an activating group) is 1. The van der Waals surface area contributed by atoms with E-state index in [9.17, 15) is 4.79 Å². The molecule has 0 saturated carbocycles. The van der Waals surface area contributed by atoms with Crippen LogP contribution in [-0.2, 0) is 0 Å². The van der Waals surface area contributed by atoms with Crippen LogP contribution < -0.4 is 16.0 Å². The molecule has 1 fully saturated rings. The fourth-order valence-corrected chi connectivity index (χ4v) is 3.00. The molecule has 2 aliphatic rings. The normalized spacial score (nSPS) is 20.3. The van der Waals surface area contributed by atoms with Crippen molar-refractivity contribution < 1.29 is 4.79 Å². The molecule has 28 heavy (non-hydrogen) atoms. The van der Waals surface area contributed by atoms with Crippen LogP contribution in [0.5, 0.6) is 0 Å². The number of carbonyl (C=O) groups is 1. The van der Waals surface area contributed by atoms with E-state index in [-0.39, 0.29) is 11.9 Å². The fraction of sp³-hybridized carbons (Fsp3) is 0.579. The van der Waals surface area contributed by atoms with Gasteiger partial charge in [-0.2, -0.15) is 0 Å². The Hall–Kier alpha value is -2.68. The zero-order chi connectivity index (χ0) is 20.1. The van der Waals surface area contributed by atoms with Crippen LogP contribution in [0.25, 0.3) is 0 Å². The van der Waals surface area contributed by atoms with Gasteiger partial charge in [0.2, 0.25) is 12.2 Å². The van der Waals surface area contributed by atoms with E-state index in [1.165, 1.54) is 0 Å². The molecule has 1 amide bonds. The second kappa shape index (κ2) is 9.01. The summed E-state index contributed by atoms with van der Waals surface area (Å²) in [4.78, 5) is 30.3. The topological polar surface area (TPSA) is 97.2 Å². The van der Waals surface area contributed by atoms with Gasteiger partial charge in [0.15, 0.2) is 0 Å². The van der Waals surface area contributed by atoms with Gasteiger partial charge in [0.1, 0.15) is 11.7 Å². The van der Waals surface area contributed by atoms with Gasteiger partial charge in [0, 0.05) is 44.8 Å². The zero-order valence-corrected chi connectivity index (χ0v) is 17.1. The summed E-state index contributed by atoms with van der Waals surface area (Å²) in [5.41, 5.74) is 0.531. The maximum atomic E-state index is 12.0. The van der Waals surface area contributed by atoms with Gasteiger partial charge in [-0.1, -0.05) is 6.92 Å². The molecule has 0 spiro atoms. The maximum Gasteiger partial charge on any atom is 0.253 e. The number of aromatic nitrogens is 1. The average molecular weight is 387 g/mol. The summed E-state index contributed by atoms with van der Waals surface area (Å²) < 4.78 is 0. The number of hydrogen-bond acceptors (Lipinski definition) is 8. The number of aliphatic imine (C=N–C) groups is 2. The molecule has 2 aliphatic heterocycles. The van der Waals surface area contributed by atoms with Gasteiger partial charge in [-0.3, -0.25) is 4.79 Å². The van der Waals surface area contributed by atoms with E-state index >= 15 is 0 Å². The number of anilines is 1. The molecular weight excluding hydrogens is 356 g/mol. The van der Waals surface area contributed by atoms with Crippen molar-refractivity contribution in [2.24, 2.45) is 9.98 Å². The van der Waals surface area contributed by atoms with Gasteiger partial charge in [-0.25, -0.2) is 15.0 Å². The lowest BCUT2D eigenvalue weighted by molar-refractivity contribution is 0.0943. The Morgan fingerprint density at radius 3 is 2.61 bits per heavy atom. The molecular formula is C19H30N8O. The molecule has 0 radical (unpaired) electrons. The Morgan fingerprint density at radius 2 is 2.00 bits per heavy atom. The van der Waals surface area contributed by atoms with E-state index in [0.29, 0.717) is 11.4 Å². The van der Waals surface area contributed by atoms with Gasteiger partial charge < -0.3 is 25.8 Å². The molecule has 1 aromatic rings. The molecule has 3 rings (SSSR count). The molecule has 152 valence electrons. The predicted molar refractivity (Wildman–Crippen MR) is 112 cm³/mol. The number of pyridine rings is 1. The van der Waals surface area contributed by atoms with Crippen molar-refractivity contribution in [3.8, 4) is 0 Å². The highest BCUT2D eigenvalue weighted by atomic mass is 16.1. The van der Waals surface area contributed by atoms with E-state index in [4.69, 9.17) is 4.99 Å². The lowest BCUT2D eigenvalue weighted by atomic mass is 10.2. The van der Waals surface area contributed by atoms with E-state index < -0.39 is 6.29 Å². The SMILES string of the molecule is CCC1=NC(Nc2ccc(C(=O)NC(C)C)cn2)N=C(N2CCN(C)CC2)N1. The molecule has 0 aliphatic carbocycles. The Morgan fingerprint density at radius 1 is 1.25 bits per heavy atom. The van der Waals surface area contributed by atoms with Gasteiger partial charge in [0.05, 0.1) is 5.56 Å². The quantitative estimate of drug-likeness (QED) is 0.697. The molecule has 1 aromatic heterocycles. The van der Waals surface area contributed by atoms with Crippen molar-refractivity contribution in [2.45, 2.75) is 39.5 Å². The number of guanidine groups is 1. The summed E-state index contributed by atoms with van der Waals surface area (Å²) in [6.07, 6.45) is 1.93. The largest absolute Gasteiger partial charge is 0.350 e. The number of amides is 1. The van der Waals surface area contributed by atoms with Crippen LogP contribution >= 0.6 is 0 Å². The van der Waals surface area contributed by atoms with Crippen LogP contribution in [0, 0.1) is 0 Å². The molecule has 1 atom stereocenters. The van der Waals surface area contributed by atoms with Gasteiger partial charge in [0.25, 0.3) is 5.91 Å². The minimum absolute atomic E-state index is 0.0872. The van der Waals surface area contributed by atoms with Crippen molar-refractivity contribution in [3.05, 3.63) is 23.9 Å². The van der Waals surface area contributed by atoms with E-state index in [1.807, 2.05) is 13.8 Å². The van der Waals surface area contributed by atoms with Crippen LogP contribution in [0.3, 0.4) is 0 Å². The smallest absolute Gasteiger partial charge is 0.253 e. The standard InChI is InChI=1S/C19H30N8O/c1-5-15-22-18(25-19(24-15)27-10-8-26(4)9-11-27)23-16-7-6-14(12-20-16)17(28)21-13(2)3/h6-7,12-13,18H,5,8-11H2,1-4H3,(H,20,23)(H,21,28)(H,22,24,25). The summed E-state index contributed by atoms with van der Waals surface area (Å²) in [7, 11) is 2.13. The van der Waals surface area contributed by atoms with Crippen LogP contribution in [-0.4, -0.2) is 78.0 Å². The summed E-state index contributed by atoms with van der Waals surface area (Å²) in [5, 5.41) is 9.43. The lowest BCUT2D eigenvalue weighted by Crippen LogP contribution is -2.54. The highest BCUT2D eigenvalue weighted by Gasteiger charge is 2.23. The Labute approximate surface area is 166 Å². The summed E-state index contributed by atoms with van der Waals surface area (Å²) >= 11 is 0. The van der Waals surface area contributed by atoms with Crippen molar-refractivity contribution >= 4 is 23.5 Å². The monoisotopic (exact) mass is 386 g/mol. The number of nitrogens with zero attached hydrogens (tertiary/aromatic N) is 5. The van der Waals surface area contributed by atoms with E-state index in [1.54, 1.807) is 18.3 Å². The number of rotatable bonds is 5. The van der Waals surface area contributed by atoms with Crippen LogP contribution in [0.15, 0.2) is 28.3 Å². The molecule has 9 nitrogen and oxygen atoms in total. The number of nitrogens with one attached hydrogen (secondary N) is 3. The minimum Gasteiger partial charge on any atom is -0.350 e. The maximum absolute atomic E-state index is 12.0. The summed E-state index contributed by atoms with van der Waals surface area (Å²) in [6, 6.07) is 3.62. The second-order valence-corrected chi connectivity index (χ2v) is 7.38. The van der Waals surface area contributed by atoms with Gasteiger partial charge in [-0.15, -0.1) is 0 Å². The molecule has 0 bridgehead atoms. The Balaban J connectivity index is 1.68. The van der Waals surface area contributed by atoms with Crippen molar-refractivity contribution in [1.29, 1.82) is 0 Å². The highest BCUT2D eigenvalue weighted by molar-refractivity contribution is 6.01. The van der Waals surface area contributed by atoms with Gasteiger partial charge >= 0.3 is 0 Å². The third-order valence-electron chi connectivity index (χ3n) is 4.64. The first-order valence-electron chi connectivity index (χ1n) is 9.83. The van der Waals surface area contributed by atoms with E-state index in [2.05, 4.69) is 49.7 Å². The van der Waals surface area contributed by atoms with Crippen molar-refractivity contribution in [3.63, 3.8) is 0 Å². The first-order chi connectivity index (χ1) is 13.4. The summed E-state index contributed by atoms with van der Waals surface area (Å²) in [5.74, 6) is 2.26. The number of amidine groups is 1. The van der Waals surface area contributed by atoms with Gasteiger partial charge in [-0.05, 0) is 33.0 Å². The molecule has 0 aromatic carbocycles. The highest BCUT2D eigenvalue weighted by Crippen LogP contribution is 2.12. The molecule has 1 unspecified atom stereocenters. The first-order valence-corrected chi connectivity index (χ1v) is 9.83. The molecule has 3 heterocycles. The third-order valence-corrected chi connectivity index (χ3v) is 4.64. The number of hydrogen-bond donors (Lipinski definition) is 3. The minimum atomic E-state index is -0.436. The number of carbonyl (C=O) groups excluding carboxylic acids is 1. The molecule has 1 saturated heterocycles. The molecule has 3 N–H and O–H groups in total. The Kier molecular flexibility index (Phi) is 6.45. The van der Waals surface area contributed by atoms with Crippen molar-refractivity contribution in [1.82, 2.24) is 25.4 Å². The van der Waals surface area contributed by atoms with Crippen LogP contribution in [0.4, 0.5) is 5.82 Å². The lowest BCUT2D eigenvalue weighted by Gasteiger charge is -2.36. The van der Waals surface area contributed by atoms with E-state index in [0.717, 1.165) is 44.4 Å². The predicted octanol–water partition coefficient (Wildman–Crippen LogP) is 0.930. The second-order valence-electron chi connectivity index (χ2n) is 7.38.